The van der Waals surface area contributed by atoms with Crippen LogP contribution in [0.25, 0.3) is 5.69 Å². The van der Waals surface area contributed by atoms with Crippen molar-refractivity contribution in [3.63, 3.8) is 0 Å². The van der Waals surface area contributed by atoms with E-state index in [4.69, 9.17) is 56.9 Å². The van der Waals surface area contributed by atoms with E-state index in [9.17, 15) is 34.3 Å². The van der Waals surface area contributed by atoms with Crippen LogP contribution in [-0.4, -0.2) is 32.7 Å². The molecule has 1 unspecified atom stereocenters. The predicted octanol–water partition coefficient (Wildman–Crippen LogP) is 6.97. The number of primary amides is 1. The van der Waals surface area contributed by atoms with Gasteiger partial charge in [0.2, 0.25) is 5.91 Å². The summed E-state index contributed by atoms with van der Waals surface area (Å²) in [5, 5.41) is 14.0. The molecular formula is C19H14Cl4F5N5O3S. The highest BCUT2D eigenvalue weighted by atomic mass is 35.5. The average Bonchev–Trinajstić information content (AvgIpc) is 3.62. The van der Waals surface area contributed by atoms with Crippen molar-refractivity contribution in [2.45, 2.75) is 33.9 Å². The molecule has 1 aromatic carbocycles. The molecular weight excluding hydrogens is 615 g/mol. The van der Waals surface area contributed by atoms with Gasteiger partial charge in [0.25, 0.3) is 0 Å². The van der Waals surface area contributed by atoms with Crippen LogP contribution in [0.15, 0.2) is 17.0 Å². The number of alkyl halides is 2. The van der Waals surface area contributed by atoms with Gasteiger partial charge in [0.1, 0.15) is 26.8 Å². The molecule has 8 nitrogen and oxygen atoms in total. The minimum absolute atomic E-state index is 0.0611. The molecule has 2 aliphatic carbocycles. The van der Waals surface area contributed by atoms with E-state index in [-0.39, 0.29) is 43.1 Å². The molecule has 18 heteroatoms. The number of halogens is 9. The summed E-state index contributed by atoms with van der Waals surface area (Å²) in [7, 11) is -10.2. The van der Waals surface area contributed by atoms with Gasteiger partial charge in [-0.25, -0.2) is 9.48 Å². The van der Waals surface area contributed by atoms with Crippen LogP contribution in [0.3, 0.4) is 0 Å². The molecule has 1 heterocycles. The summed E-state index contributed by atoms with van der Waals surface area (Å²) >= 11 is 23.7. The second kappa shape index (κ2) is 7.92. The number of amides is 2. The Hall–Kier alpha value is -2.18. The third-order valence-corrected chi connectivity index (χ3v) is 8.56. The zero-order valence-electron chi connectivity index (χ0n) is 18.0. The fourth-order valence-corrected chi connectivity index (χ4v) is 5.65. The van der Waals surface area contributed by atoms with Gasteiger partial charge in [0.15, 0.2) is 5.69 Å². The summed E-state index contributed by atoms with van der Waals surface area (Å²) in [6, 6.07) is 1.59. The van der Waals surface area contributed by atoms with Crippen LogP contribution in [0.1, 0.15) is 30.5 Å². The topological polar surface area (TPSA) is 123 Å². The number of rotatable bonds is 7. The number of carbonyl (C=O) groups is 2. The summed E-state index contributed by atoms with van der Waals surface area (Å²) in [6.45, 7) is -0.214. The van der Waals surface area contributed by atoms with E-state index in [2.05, 4.69) is 10.4 Å². The number of nitriles is 1. The van der Waals surface area contributed by atoms with Crippen molar-refractivity contribution in [2.24, 2.45) is 11.7 Å². The van der Waals surface area contributed by atoms with Crippen molar-refractivity contribution in [1.82, 2.24) is 9.78 Å². The number of ether oxygens (including phenoxy) is 1. The van der Waals surface area contributed by atoms with Gasteiger partial charge in [0, 0.05) is 11.5 Å². The minimum Gasteiger partial charge on any atom is -0.449 e. The number of hydrogen-bond donors (Lipinski definition) is 2. The zero-order chi connectivity index (χ0) is 27.8. The molecule has 0 radical (unpaired) electrons. The molecule has 2 aromatic rings. The molecule has 0 bridgehead atoms. The fourth-order valence-electron chi connectivity index (χ4n) is 3.70. The number of carbonyl (C=O) groups excluding carboxylic acids is 2. The van der Waals surface area contributed by atoms with E-state index in [1.54, 1.807) is 6.07 Å². The molecule has 0 spiro atoms. The minimum atomic E-state index is -10.2. The highest BCUT2D eigenvalue weighted by molar-refractivity contribution is 8.45. The Bertz CT molecular complexity index is 1380. The third kappa shape index (κ3) is 5.24. The van der Waals surface area contributed by atoms with Crippen LogP contribution >= 0.6 is 56.6 Å². The van der Waals surface area contributed by atoms with Gasteiger partial charge in [-0.15, -0.1) is 23.2 Å². The standard InChI is InChI=1S/C19H14Cl4F5N5O3S/c20-10-3-9(37(24,25,26,27)28)4-11(21)14(10)33-15(31-17(35)36-7-8-5-19(8,22)23)13(12(6-29)32-33)18(1-2-18)16(30)34/h3-4,8H,1-2,5,7H2,(H2,30,34)(H,31,35). The lowest BCUT2D eigenvalue weighted by atomic mass is 9.94. The van der Waals surface area contributed by atoms with Crippen LogP contribution in [0, 0.1) is 17.2 Å². The van der Waals surface area contributed by atoms with E-state index in [1.807, 2.05) is 0 Å². The largest absolute Gasteiger partial charge is 0.449 e. The summed E-state index contributed by atoms with van der Waals surface area (Å²) in [4.78, 5) is 22.4. The first kappa shape index (κ1) is 27.8. The van der Waals surface area contributed by atoms with Crippen molar-refractivity contribution in [3.05, 3.63) is 33.4 Å². The Labute approximate surface area is 225 Å². The van der Waals surface area contributed by atoms with Crippen LogP contribution in [0.2, 0.25) is 10.0 Å². The lowest BCUT2D eigenvalue weighted by Gasteiger charge is -2.40. The smallest absolute Gasteiger partial charge is 0.412 e. The Morgan fingerprint density at radius 1 is 1.22 bits per heavy atom. The normalized spacial score (nSPS) is 21.2. The Morgan fingerprint density at radius 3 is 2.16 bits per heavy atom. The molecule has 1 atom stereocenters. The van der Waals surface area contributed by atoms with Gasteiger partial charge in [-0.05, 0) is 31.4 Å². The second-order valence-corrected chi connectivity index (χ2v) is 13.4. The number of benzene rings is 1. The number of nitrogens with two attached hydrogens (primary N) is 1. The predicted molar refractivity (Wildman–Crippen MR) is 127 cm³/mol. The molecule has 1 aromatic heterocycles. The maximum Gasteiger partial charge on any atom is 0.412 e. The number of hydrogen-bond acceptors (Lipinski definition) is 5. The number of anilines is 1. The molecule has 2 fully saturated rings. The van der Waals surface area contributed by atoms with Gasteiger partial charge in [-0.3, -0.25) is 10.1 Å². The lowest BCUT2D eigenvalue weighted by Crippen LogP contribution is -2.30. The van der Waals surface area contributed by atoms with Gasteiger partial charge in [-0.1, -0.05) is 42.6 Å². The first-order valence-corrected chi connectivity index (χ1v) is 13.5. The molecule has 2 amide bonds. The Balaban J connectivity index is 1.84. The zero-order valence-corrected chi connectivity index (χ0v) is 21.9. The quantitative estimate of drug-likeness (QED) is 0.253. The molecule has 2 saturated carbocycles. The van der Waals surface area contributed by atoms with Crippen molar-refractivity contribution >= 4 is 74.4 Å². The first-order chi connectivity index (χ1) is 16.7. The summed E-state index contributed by atoms with van der Waals surface area (Å²) in [6.07, 6.45) is -0.487. The maximum atomic E-state index is 13.4. The van der Waals surface area contributed by atoms with E-state index in [1.165, 1.54) is 0 Å². The van der Waals surface area contributed by atoms with Crippen molar-refractivity contribution < 1.29 is 33.8 Å². The SMILES string of the molecule is N#Cc1nn(-c2c(Cl)cc(S(F)(F)(F)(F)F)cc2Cl)c(NC(=O)OCC2CC2(Cl)Cl)c1C1(C(N)=O)CC1. The van der Waals surface area contributed by atoms with Gasteiger partial charge in [0.05, 0.1) is 22.1 Å². The Kier molecular flexibility index (Phi) is 5.96. The van der Waals surface area contributed by atoms with E-state index < -0.39 is 64.1 Å². The summed E-state index contributed by atoms with van der Waals surface area (Å²) < 4.78 is 71.4. The third-order valence-electron chi connectivity index (χ3n) is 5.93. The van der Waals surface area contributed by atoms with Gasteiger partial charge < -0.3 is 10.5 Å². The second-order valence-electron chi connectivity index (χ2n) is 8.63. The van der Waals surface area contributed by atoms with Crippen LogP contribution in [0.5, 0.6) is 0 Å². The number of nitrogens with one attached hydrogen (secondary N) is 1. The molecule has 37 heavy (non-hydrogen) atoms. The maximum absolute atomic E-state index is 13.4. The monoisotopic (exact) mass is 627 g/mol. The number of nitrogens with zero attached hydrogens (tertiary/aromatic N) is 3. The molecule has 2 aliphatic rings. The van der Waals surface area contributed by atoms with Crippen LogP contribution < -0.4 is 11.1 Å². The van der Waals surface area contributed by atoms with E-state index in [0.29, 0.717) is 11.1 Å². The van der Waals surface area contributed by atoms with E-state index >= 15 is 0 Å². The van der Waals surface area contributed by atoms with Crippen molar-refractivity contribution in [2.75, 3.05) is 11.9 Å². The number of aromatic nitrogens is 2. The van der Waals surface area contributed by atoms with Gasteiger partial charge in [-0.2, -0.15) is 10.4 Å². The van der Waals surface area contributed by atoms with Crippen LogP contribution in [0.4, 0.5) is 30.0 Å². The highest BCUT2D eigenvalue weighted by Gasteiger charge is 2.66. The highest BCUT2D eigenvalue weighted by Crippen LogP contribution is 3.02. The van der Waals surface area contributed by atoms with Crippen molar-refractivity contribution in [3.8, 4) is 11.8 Å². The lowest BCUT2D eigenvalue weighted by molar-refractivity contribution is -0.120. The molecule has 0 aliphatic heterocycles. The van der Waals surface area contributed by atoms with Gasteiger partial charge >= 0.3 is 16.3 Å². The Morgan fingerprint density at radius 2 is 1.76 bits per heavy atom. The average molecular weight is 629 g/mol. The molecule has 3 N–H and O–H groups in total. The summed E-state index contributed by atoms with van der Waals surface area (Å²) in [5.41, 5.74) is 2.86. The molecule has 202 valence electrons. The van der Waals surface area contributed by atoms with Crippen LogP contribution in [-0.2, 0) is 14.9 Å². The molecule has 4 rings (SSSR count). The fraction of sp³-hybridized carbons (Fsp3) is 0.368. The summed E-state index contributed by atoms with van der Waals surface area (Å²) in [5.74, 6) is -1.68. The van der Waals surface area contributed by atoms with Crippen molar-refractivity contribution in [1.29, 1.82) is 5.26 Å². The van der Waals surface area contributed by atoms with E-state index in [0.717, 1.165) is 0 Å². The first-order valence-electron chi connectivity index (χ1n) is 10.1. The molecule has 0 saturated heterocycles.